The molecule has 0 unspecified atom stereocenters. The van der Waals surface area contributed by atoms with Gasteiger partial charge in [-0.05, 0) is 48.9 Å². The number of amides is 1. The average molecular weight is 496 g/mol. The molecule has 0 aromatic heterocycles. The predicted molar refractivity (Wildman–Crippen MR) is 123 cm³/mol. The normalized spacial score (nSPS) is 21.2. The molecule has 1 amide bonds. The van der Waals surface area contributed by atoms with Gasteiger partial charge in [-0.1, -0.05) is 6.07 Å². The van der Waals surface area contributed by atoms with E-state index < -0.39 is 31.8 Å². The van der Waals surface area contributed by atoms with E-state index in [2.05, 4.69) is 0 Å². The Morgan fingerprint density at radius 1 is 1.06 bits per heavy atom. The van der Waals surface area contributed by atoms with E-state index in [9.17, 15) is 26.0 Å². The first-order valence-electron chi connectivity index (χ1n) is 10.7. The molecule has 0 aliphatic carbocycles. The molecule has 2 heterocycles. The molecule has 2 saturated heterocycles. The highest BCUT2D eigenvalue weighted by molar-refractivity contribution is 7.91. The van der Waals surface area contributed by atoms with Crippen molar-refractivity contribution in [1.82, 2.24) is 9.21 Å². The number of carbonyl (C=O) groups excluding carboxylic acids is 1. The molecule has 2 aliphatic heterocycles. The van der Waals surface area contributed by atoms with Gasteiger partial charge in [-0.3, -0.25) is 4.79 Å². The highest BCUT2D eigenvalue weighted by Gasteiger charge is 2.34. The minimum atomic E-state index is -3.81. The van der Waals surface area contributed by atoms with Crippen LogP contribution in [0.5, 0.6) is 0 Å². The van der Waals surface area contributed by atoms with Crippen molar-refractivity contribution >= 4 is 31.5 Å². The number of hydrogen-bond acceptors (Lipinski definition) is 6. The first-order valence-corrected chi connectivity index (χ1v) is 13.9. The van der Waals surface area contributed by atoms with E-state index in [0.29, 0.717) is 19.5 Å². The summed E-state index contributed by atoms with van der Waals surface area (Å²) in [6.45, 7) is 1.44. The monoisotopic (exact) mass is 495 g/mol. The van der Waals surface area contributed by atoms with Crippen molar-refractivity contribution < 1.29 is 26.0 Å². The maximum atomic E-state index is 13.2. The van der Waals surface area contributed by atoms with Crippen LogP contribution in [0.25, 0.3) is 0 Å². The first kappa shape index (κ1) is 23.7. The van der Waals surface area contributed by atoms with E-state index >= 15 is 0 Å². The van der Waals surface area contributed by atoms with Crippen molar-refractivity contribution in [3.05, 3.63) is 59.9 Å². The molecule has 2 aromatic rings. The van der Waals surface area contributed by atoms with E-state index in [4.69, 9.17) is 0 Å². The Labute approximate surface area is 193 Å². The zero-order chi connectivity index (χ0) is 23.8. The number of carbonyl (C=O) groups is 1. The summed E-state index contributed by atoms with van der Waals surface area (Å²) >= 11 is 0. The van der Waals surface area contributed by atoms with E-state index in [0.717, 1.165) is 5.69 Å². The molecule has 0 N–H and O–H groups in total. The molecule has 8 nitrogen and oxygen atoms in total. The summed E-state index contributed by atoms with van der Waals surface area (Å²) in [5.41, 5.74) is 1.03. The van der Waals surface area contributed by atoms with Gasteiger partial charge in [0.2, 0.25) is 10.0 Å². The molecule has 4 rings (SSSR count). The molecular formula is C22H26FN3O5S2. The Balaban J connectivity index is 1.46. The third kappa shape index (κ3) is 5.04. The first-order chi connectivity index (χ1) is 15.6. The second-order valence-electron chi connectivity index (χ2n) is 8.37. The molecule has 0 saturated carbocycles. The van der Waals surface area contributed by atoms with Crippen LogP contribution in [0.3, 0.4) is 0 Å². The summed E-state index contributed by atoms with van der Waals surface area (Å²) in [6.07, 6.45) is 0.376. The molecule has 0 radical (unpaired) electrons. The van der Waals surface area contributed by atoms with Gasteiger partial charge < -0.3 is 9.80 Å². The van der Waals surface area contributed by atoms with Crippen LogP contribution in [0.1, 0.15) is 16.8 Å². The van der Waals surface area contributed by atoms with Crippen LogP contribution in [-0.4, -0.2) is 82.7 Å². The number of piperazine rings is 1. The fourth-order valence-electron chi connectivity index (χ4n) is 4.23. The molecule has 0 bridgehead atoms. The Morgan fingerprint density at radius 3 is 2.33 bits per heavy atom. The topological polar surface area (TPSA) is 95.1 Å². The van der Waals surface area contributed by atoms with Crippen molar-refractivity contribution in [3.63, 3.8) is 0 Å². The number of nitrogens with zero attached hydrogens (tertiary/aromatic N) is 3. The minimum Gasteiger partial charge on any atom is -0.369 e. The quantitative estimate of drug-likeness (QED) is 0.625. The minimum absolute atomic E-state index is 0.0241. The van der Waals surface area contributed by atoms with Crippen LogP contribution in [0.2, 0.25) is 0 Å². The molecule has 178 valence electrons. The number of sulfone groups is 1. The van der Waals surface area contributed by atoms with Crippen LogP contribution in [-0.2, 0) is 19.9 Å². The third-order valence-corrected chi connectivity index (χ3v) is 9.87. The maximum Gasteiger partial charge on any atom is 0.253 e. The van der Waals surface area contributed by atoms with Gasteiger partial charge in [-0.25, -0.2) is 21.2 Å². The van der Waals surface area contributed by atoms with Gasteiger partial charge in [0.05, 0.1) is 16.4 Å². The summed E-state index contributed by atoms with van der Waals surface area (Å²) < 4.78 is 64.5. The highest BCUT2D eigenvalue weighted by atomic mass is 32.2. The molecule has 2 aromatic carbocycles. The summed E-state index contributed by atoms with van der Waals surface area (Å²) in [5.74, 6) is -0.760. The zero-order valence-corrected chi connectivity index (χ0v) is 19.9. The Bertz CT molecular complexity index is 1240. The summed E-state index contributed by atoms with van der Waals surface area (Å²) in [6, 6.07) is 11.5. The van der Waals surface area contributed by atoms with E-state index in [1.165, 1.54) is 45.6 Å². The highest BCUT2D eigenvalue weighted by Crippen LogP contribution is 2.24. The standard InChI is InChI=1S/C22H26FN3O5S2/c1-24(20-9-14-32(28,29)16-20)22(27)17-3-2-4-21(15-17)33(30,31)26-12-10-25(11-13-26)19-7-5-18(23)6-8-19/h2-8,15,20H,9-14,16H2,1H3/t20-/m0/s1. The van der Waals surface area contributed by atoms with Crippen molar-refractivity contribution in [3.8, 4) is 0 Å². The number of halogens is 1. The lowest BCUT2D eigenvalue weighted by atomic mass is 10.1. The van der Waals surface area contributed by atoms with Gasteiger partial charge in [0, 0.05) is 50.5 Å². The van der Waals surface area contributed by atoms with Gasteiger partial charge in [0.25, 0.3) is 5.91 Å². The molecule has 11 heteroatoms. The molecule has 2 fully saturated rings. The summed E-state index contributed by atoms with van der Waals surface area (Å²) in [4.78, 5) is 16.3. The van der Waals surface area contributed by atoms with Crippen molar-refractivity contribution in [1.29, 1.82) is 0 Å². The van der Waals surface area contributed by atoms with Crippen LogP contribution in [0, 0.1) is 5.82 Å². The second-order valence-corrected chi connectivity index (χ2v) is 12.5. The van der Waals surface area contributed by atoms with Gasteiger partial charge >= 0.3 is 0 Å². The molecular weight excluding hydrogens is 469 g/mol. The van der Waals surface area contributed by atoms with Gasteiger partial charge in [-0.2, -0.15) is 4.31 Å². The van der Waals surface area contributed by atoms with Gasteiger partial charge in [0.1, 0.15) is 5.82 Å². The van der Waals surface area contributed by atoms with Crippen molar-refractivity contribution in [2.75, 3.05) is 49.6 Å². The van der Waals surface area contributed by atoms with Crippen molar-refractivity contribution in [2.45, 2.75) is 17.4 Å². The maximum absolute atomic E-state index is 13.2. The largest absolute Gasteiger partial charge is 0.369 e. The fraction of sp³-hybridized carbons (Fsp3) is 0.409. The number of hydrogen-bond donors (Lipinski definition) is 0. The smallest absolute Gasteiger partial charge is 0.253 e. The molecule has 2 aliphatic rings. The SMILES string of the molecule is CN(C(=O)c1cccc(S(=O)(=O)N2CCN(c3ccc(F)cc3)CC2)c1)[C@H]1CCS(=O)(=O)C1. The Morgan fingerprint density at radius 2 is 1.73 bits per heavy atom. The molecule has 33 heavy (non-hydrogen) atoms. The van der Waals surface area contributed by atoms with E-state index in [1.807, 2.05) is 4.90 Å². The Kier molecular flexibility index (Phi) is 6.47. The van der Waals surface area contributed by atoms with Gasteiger partial charge in [0.15, 0.2) is 9.84 Å². The third-order valence-electron chi connectivity index (χ3n) is 6.23. The van der Waals surface area contributed by atoms with Gasteiger partial charge in [-0.15, -0.1) is 0 Å². The number of benzene rings is 2. The Hall–Kier alpha value is -2.50. The summed E-state index contributed by atoms with van der Waals surface area (Å²) in [5, 5.41) is 0. The molecule has 1 atom stereocenters. The van der Waals surface area contributed by atoms with Crippen LogP contribution >= 0.6 is 0 Å². The molecule has 0 spiro atoms. The van der Waals surface area contributed by atoms with Crippen LogP contribution in [0.4, 0.5) is 10.1 Å². The van der Waals surface area contributed by atoms with Crippen LogP contribution in [0.15, 0.2) is 53.4 Å². The number of sulfonamides is 1. The second kappa shape index (κ2) is 9.03. The van der Waals surface area contributed by atoms with Crippen LogP contribution < -0.4 is 4.90 Å². The lowest BCUT2D eigenvalue weighted by Gasteiger charge is -2.35. The van der Waals surface area contributed by atoms with E-state index in [-0.39, 0.29) is 40.9 Å². The average Bonchev–Trinajstić information content (AvgIpc) is 3.18. The lowest BCUT2D eigenvalue weighted by molar-refractivity contribution is 0.0747. The fourth-order valence-corrected chi connectivity index (χ4v) is 7.47. The predicted octanol–water partition coefficient (Wildman–Crippen LogP) is 1.60. The lowest BCUT2D eigenvalue weighted by Crippen LogP contribution is -2.48. The number of anilines is 1. The zero-order valence-electron chi connectivity index (χ0n) is 18.2. The number of rotatable bonds is 5. The van der Waals surface area contributed by atoms with E-state index in [1.54, 1.807) is 19.2 Å². The summed E-state index contributed by atoms with van der Waals surface area (Å²) in [7, 11) is -5.42. The van der Waals surface area contributed by atoms with Crippen molar-refractivity contribution in [2.24, 2.45) is 0 Å².